The van der Waals surface area contributed by atoms with Crippen LogP contribution in [0.5, 0.6) is 0 Å². The molecule has 0 rings (SSSR count). The lowest BCUT2D eigenvalue weighted by Crippen LogP contribution is -1.89. The first-order chi connectivity index (χ1) is 4.66. The molecule has 0 aliphatic heterocycles. The average molecular weight is 140 g/mol. The summed E-state index contributed by atoms with van der Waals surface area (Å²) in [6, 6.07) is 0. The molecule has 0 aliphatic rings. The van der Waals surface area contributed by atoms with Gasteiger partial charge in [0.15, 0.2) is 0 Å². The maximum Gasteiger partial charge on any atom is 0.0374 e. The SMILES string of the molecule is CCC/C(C)=N\N=C(C)C. The van der Waals surface area contributed by atoms with E-state index in [1.54, 1.807) is 0 Å². The van der Waals surface area contributed by atoms with E-state index in [1.165, 1.54) is 0 Å². The first-order valence-electron chi connectivity index (χ1n) is 3.71. The van der Waals surface area contributed by atoms with Crippen molar-refractivity contribution in [1.29, 1.82) is 0 Å². The molecule has 0 bridgehead atoms. The summed E-state index contributed by atoms with van der Waals surface area (Å²) >= 11 is 0. The van der Waals surface area contributed by atoms with E-state index < -0.39 is 0 Å². The molecule has 0 fully saturated rings. The lowest BCUT2D eigenvalue weighted by molar-refractivity contribution is 0.976. The lowest BCUT2D eigenvalue weighted by Gasteiger charge is -1.91. The molecule has 0 saturated carbocycles. The van der Waals surface area contributed by atoms with E-state index in [4.69, 9.17) is 0 Å². The van der Waals surface area contributed by atoms with Gasteiger partial charge in [0.25, 0.3) is 0 Å². The Labute approximate surface area is 63.1 Å². The molecule has 2 heteroatoms. The van der Waals surface area contributed by atoms with E-state index in [-0.39, 0.29) is 0 Å². The Hall–Kier alpha value is -0.660. The molecule has 10 heavy (non-hydrogen) atoms. The molecule has 0 aliphatic carbocycles. The molecular formula is C8H16N2. The van der Waals surface area contributed by atoms with Crippen LogP contribution in [0.3, 0.4) is 0 Å². The largest absolute Gasteiger partial charge is 0.161 e. The molecule has 0 aromatic heterocycles. The summed E-state index contributed by atoms with van der Waals surface area (Å²) in [6.45, 7) is 8.04. The summed E-state index contributed by atoms with van der Waals surface area (Å²) in [5.74, 6) is 0. The van der Waals surface area contributed by atoms with Crippen molar-refractivity contribution in [3.05, 3.63) is 0 Å². The maximum absolute atomic E-state index is 4.02. The van der Waals surface area contributed by atoms with Crippen LogP contribution >= 0.6 is 0 Å². The Bertz CT molecular complexity index is 141. The minimum Gasteiger partial charge on any atom is -0.161 e. The van der Waals surface area contributed by atoms with Gasteiger partial charge in [-0.2, -0.15) is 10.2 Å². The zero-order valence-electron chi connectivity index (χ0n) is 7.31. The van der Waals surface area contributed by atoms with Crippen LogP contribution in [0.4, 0.5) is 0 Å². The van der Waals surface area contributed by atoms with Gasteiger partial charge < -0.3 is 0 Å². The molecule has 0 amide bonds. The van der Waals surface area contributed by atoms with Gasteiger partial charge in [0.05, 0.1) is 0 Å². The fraction of sp³-hybridized carbons (Fsp3) is 0.750. The van der Waals surface area contributed by atoms with Crippen molar-refractivity contribution in [2.45, 2.75) is 40.5 Å². The highest BCUT2D eigenvalue weighted by molar-refractivity contribution is 5.84. The smallest absolute Gasteiger partial charge is 0.0374 e. The summed E-state index contributed by atoms with van der Waals surface area (Å²) in [5, 5.41) is 7.97. The van der Waals surface area contributed by atoms with Crippen LogP contribution in [0.15, 0.2) is 10.2 Å². The van der Waals surface area contributed by atoms with Gasteiger partial charge in [0.1, 0.15) is 0 Å². The van der Waals surface area contributed by atoms with Gasteiger partial charge in [0.2, 0.25) is 0 Å². The molecule has 0 heterocycles. The molecule has 0 saturated heterocycles. The third kappa shape index (κ3) is 5.48. The lowest BCUT2D eigenvalue weighted by atomic mass is 10.2. The van der Waals surface area contributed by atoms with E-state index >= 15 is 0 Å². The van der Waals surface area contributed by atoms with Crippen LogP contribution in [0.2, 0.25) is 0 Å². The summed E-state index contributed by atoms with van der Waals surface area (Å²) in [4.78, 5) is 0. The van der Waals surface area contributed by atoms with Gasteiger partial charge in [-0.25, -0.2) is 0 Å². The Morgan fingerprint density at radius 1 is 1.10 bits per heavy atom. The van der Waals surface area contributed by atoms with Gasteiger partial charge in [0, 0.05) is 11.4 Å². The van der Waals surface area contributed by atoms with Gasteiger partial charge in [-0.1, -0.05) is 13.3 Å². The minimum atomic E-state index is 1.01. The van der Waals surface area contributed by atoms with Gasteiger partial charge in [-0.05, 0) is 27.2 Å². The van der Waals surface area contributed by atoms with Crippen LogP contribution in [-0.4, -0.2) is 11.4 Å². The van der Waals surface area contributed by atoms with Crippen molar-refractivity contribution < 1.29 is 0 Å². The third-order valence-corrected chi connectivity index (χ3v) is 1.03. The molecule has 0 aromatic carbocycles. The van der Waals surface area contributed by atoms with Crippen molar-refractivity contribution in [3.63, 3.8) is 0 Å². The predicted octanol–water partition coefficient (Wildman–Crippen LogP) is 2.64. The fourth-order valence-electron chi connectivity index (χ4n) is 0.597. The third-order valence-electron chi connectivity index (χ3n) is 1.03. The normalized spacial score (nSPS) is 11.4. The van der Waals surface area contributed by atoms with Gasteiger partial charge in [-0.15, -0.1) is 0 Å². The number of rotatable bonds is 3. The monoisotopic (exact) mass is 140 g/mol. The van der Waals surface area contributed by atoms with Crippen molar-refractivity contribution in [2.24, 2.45) is 10.2 Å². The van der Waals surface area contributed by atoms with Crippen LogP contribution in [-0.2, 0) is 0 Å². The minimum absolute atomic E-state index is 1.01. The predicted molar refractivity (Wildman–Crippen MR) is 46.8 cm³/mol. The van der Waals surface area contributed by atoms with Crippen LogP contribution < -0.4 is 0 Å². The van der Waals surface area contributed by atoms with E-state index in [9.17, 15) is 0 Å². The molecule has 0 spiro atoms. The molecule has 58 valence electrons. The van der Waals surface area contributed by atoms with E-state index in [0.717, 1.165) is 24.3 Å². The zero-order chi connectivity index (χ0) is 7.98. The molecule has 0 N–H and O–H groups in total. The second-order valence-electron chi connectivity index (χ2n) is 2.63. The van der Waals surface area contributed by atoms with Crippen LogP contribution in [0.1, 0.15) is 40.5 Å². The molecule has 0 atom stereocenters. The Balaban J connectivity index is 3.79. The van der Waals surface area contributed by atoms with Crippen molar-refractivity contribution in [3.8, 4) is 0 Å². The summed E-state index contributed by atoms with van der Waals surface area (Å²) in [7, 11) is 0. The Morgan fingerprint density at radius 2 is 1.70 bits per heavy atom. The van der Waals surface area contributed by atoms with Crippen molar-refractivity contribution >= 4 is 11.4 Å². The number of nitrogens with zero attached hydrogens (tertiary/aromatic N) is 2. The number of hydrogen-bond acceptors (Lipinski definition) is 2. The Kier molecular flexibility index (Phi) is 4.81. The molecular weight excluding hydrogens is 124 g/mol. The molecule has 0 unspecified atom stereocenters. The first-order valence-corrected chi connectivity index (χ1v) is 3.71. The molecule has 2 nitrogen and oxygen atoms in total. The summed E-state index contributed by atoms with van der Waals surface area (Å²) in [5.41, 5.74) is 2.12. The fourth-order valence-corrected chi connectivity index (χ4v) is 0.597. The quantitative estimate of drug-likeness (QED) is 0.425. The average Bonchev–Trinajstić information content (AvgIpc) is 1.85. The highest BCUT2D eigenvalue weighted by Gasteiger charge is 1.85. The van der Waals surface area contributed by atoms with E-state index in [2.05, 4.69) is 17.1 Å². The first kappa shape index (κ1) is 9.34. The van der Waals surface area contributed by atoms with Crippen molar-refractivity contribution in [1.82, 2.24) is 0 Å². The topological polar surface area (TPSA) is 24.7 Å². The highest BCUT2D eigenvalue weighted by atomic mass is 15.2. The molecule has 0 aromatic rings. The Morgan fingerprint density at radius 3 is 2.10 bits per heavy atom. The van der Waals surface area contributed by atoms with Gasteiger partial charge >= 0.3 is 0 Å². The second-order valence-corrected chi connectivity index (χ2v) is 2.63. The molecule has 0 radical (unpaired) electrons. The second kappa shape index (κ2) is 5.15. The van der Waals surface area contributed by atoms with Gasteiger partial charge in [-0.3, -0.25) is 0 Å². The van der Waals surface area contributed by atoms with Crippen molar-refractivity contribution in [2.75, 3.05) is 0 Å². The number of hydrogen-bond donors (Lipinski definition) is 0. The van der Waals surface area contributed by atoms with E-state index in [1.807, 2.05) is 20.8 Å². The maximum atomic E-state index is 4.02. The zero-order valence-corrected chi connectivity index (χ0v) is 7.31. The van der Waals surface area contributed by atoms with E-state index in [0.29, 0.717) is 0 Å². The highest BCUT2D eigenvalue weighted by Crippen LogP contribution is 1.91. The summed E-state index contributed by atoms with van der Waals surface area (Å²) < 4.78 is 0. The standard InChI is InChI=1S/C8H16N2/c1-5-6-8(4)10-9-7(2)3/h5-6H2,1-4H3/b10-8-. The van der Waals surface area contributed by atoms with Crippen LogP contribution in [0, 0.1) is 0 Å². The van der Waals surface area contributed by atoms with Crippen LogP contribution in [0.25, 0.3) is 0 Å². The summed E-state index contributed by atoms with van der Waals surface area (Å²) in [6.07, 6.45) is 2.20.